The normalized spacial score (nSPS) is 18.9. The van der Waals surface area contributed by atoms with Crippen molar-refractivity contribution in [2.45, 2.75) is 12.5 Å². The van der Waals surface area contributed by atoms with Crippen molar-refractivity contribution in [1.29, 1.82) is 0 Å². The van der Waals surface area contributed by atoms with Gasteiger partial charge in [0, 0.05) is 17.9 Å². The van der Waals surface area contributed by atoms with Gasteiger partial charge in [-0.25, -0.2) is 0 Å². The van der Waals surface area contributed by atoms with Crippen molar-refractivity contribution >= 4 is 17.3 Å². The predicted molar refractivity (Wildman–Crippen MR) is 83.3 cm³/mol. The average Bonchev–Trinajstić information content (AvgIpc) is 2.96. The van der Waals surface area contributed by atoms with E-state index in [1.807, 2.05) is 42.5 Å². The lowest BCUT2D eigenvalue weighted by Crippen LogP contribution is -2.46. The summed E-state index contributed by atoms with van der Waals surface area (Å²) in [4.78, 5) is 14.5. The first-order valence-electron chi connectivity index (χ1n) is 7.30. The molecule has 0 fully saturated rings. The first-order chi connectivity index (χ1) is 10.7. The fourth-order valence-corrected chi connectivity index (χ4v) is 2.94. The molecule has 0 saturated heterocycles. The van der Waals surface area contributed by atoms with Crippen LogP contribution >= 0.6 is 0 Å². The van der Waals surface area contributed by atoms with E-state index in [-0.39, 0.29) is 12.5 Å². The minimum Gasteiger partial charge on any atom is -0.485 e. The summed E-state index contributed by atoms with van der Waals surface area (Å²) in [7, 11) is 0. The summed E-state index contributed by atoms with van der Waals surface area (Å²) in [5.74, 6) is 1.20. The zero-order valence-corrected chi connectivity index (χ0v) is 12.0. The molecule has 2 aliphatic rings. The Hall–Kier alpha value is -2.69. The lowest BCUT2D eigenvalue weighted by molar-refractivity contribution is -0.127. The second kappa shape index (κ2) is 4.94. The van der Waals surface area contributed by atoms with Crippen molar-refractivity contribution in [2.75, 3.05) is 23.8 Å². The number of rotatable bonds is 1. The minimum absolute atomic E-state index is 0.0844. The van der Waals surface area contributed by atoms with Gasteiger partial charge in [0.25, 0.3) is 5.91 Å². The van der Waals surface area contributed by atoms with Crippen LogP contribution in [-0.2, 0) is 11.2 Å². The molecule has 4 rings (SSSR count). The van der Waals surface area contributed by atoms with Crippen LogP contribution in [0.15, 0.2) is 42.5 Å². The molecule has 1 atom stereocenters. The molecule has 0 aliphatic carbocycles. The van der Waals surface area contributed by atoms with Crippen molar-refractivity contribution in [2.24, 2.45) is 0 Å². The molecule has 2 heterocycles. The van der Waals surface area contributed by atoms with E-state index >= 15 is 0 Å². The van der Waals surface area contributed by atoms with E-state index in [4.69, 9.17) is 15.2 Å². The molecule has 0 radical (unpaired) electrons. The van der Waals surface area contributed by atoms with E-state index in [9.17, 15) is 4.79 Å². The zero-order chi connectivity index (χ0) is 15.1. The number of hydrogen-bond acceptors (Lipinski definition) is 4. The van der Waals surface area contributed by atoms with Gasteiger partial charge < -0.3 is 20.1 Å². The molecule has 1 unspecified atom stereocenters. The van der Waals surface area contributed by atoms with Crippen molar-refractivity contribution < 1.29 is 14.3 Å². The molecule has 2 aromatic carbocycles. The van der Waals surface area contributed by atoms with Crippen molar-refractivity contribution in [3.05, 3.63) is 48.0 Å². The Morgan fingerprint density at radius 2 is 2.00 bits per heavy atom. The van der Waals surface area contributed by atoms with E-state index in [1.54, 1.807) is 4.90 Å². The Morgan fingerprint density at radius 1 is 1.18 bits per heavy atom. The molecule has 1 amide bonds. The van der Waals surface area contributed by atoms with Crippen molar-refractivity contribution in [1.82, 2.24) is 0 Å². The maximum atomic E-state index is 12.8. The maximum absolute atomic E-state index is 12.8. The molecule has 2 aromatic rings. The van der Waals surface area contributed by atoms with Crippen LogP contribution in [0.2, 0.25) is 0 Å². The van der Waals surface area contributed by atoms with Crippen molar-refractivity contribution in [3.8, 4) is 11.5 Å². The van der Waals surface area contributed by atoms with Crippen LogP contribution < -0.4 is 20.1 Å². The molecule has 0 aromatic heterocycles. The molecule has 5 heteroatoms. The highest BCUT2D eigenvalue weighted by molar-refractivity contribution is 5.99. The standard InChI is InChI=1S/C17H16N2O3/c18-12-6-5-11-7-8-19(13(11)9-12)17(20)16-10-21-14-3-1-2-4-15(14)22-16/h1-6,9,16H,7-8,10,18H2. The largest absolute Gasteiger partial charge is 0.485 e. The molecule has 0 bridgehead atoms. The molecule has 0 saturated carbocycles. The Morgan fingerprint density at radius 3 is 2.86 bits per heavy atom. The van der Waals surface area contributed by atoms with Crippen LogP contribution in [0.25, 0.3) is 0 Å². The van der Waals surface area contributed by atoms with Crippen molar-refractivity contribution in [3.63, 3.8) is 0 Å². The van der Waals surface area contributed by atoms with Crippen LogP contribution in [0.1, 0.15) is 5.56 Å². The number of anilines is 2. The van der Waals surface area contributed by atoms with E-state index < -0.39 is 6.10 Å². The SMILES string of the molecule is Nc1ccc2c(c1)N(C(=O)C1COc3ccccc3O1)CC2. The molecule has 5 nitrogen and oxygen atoms in total. The Labute approximate surface area is 128 Å². The Balaban J connectivity index is 1.59. The first-order valence-corrected chi connectivity index (χ1v) is 7.30. The third-order valence-corrected chi connectivity index (χ3v) is 4.05. The van der Waals surface area contributed by atoms with Gasteiger partial charge in [-0.2, -0.15) is 0 Å². The number of ether oxygens (including phenoxy) is 2. The van der Waals surface area contributed by atoms with Crippen LogP contribution in [0.3, 0.4) is 0 Å². The number of carbonyl (C=O) groups is 1. The van der Waals surface area contributed by atoms with Crippen LogP contribution in [-0.4, -0.2) is 25.2 Å². The second-order valence-corrected chi connectivity index (χ2v) is 5.49. The van der Waals surface area contributed by atoms with Gasteiger partial charge in [-0.15, -0.1) is 0 Å². The smallest absolute Gasteiger partial charge is 0.271 e. The van der Waals surface area contributed by atoms with Crippen LogP contribution in [0.4, 0.5) is 11.4 Å². The number of hydrogen-bond donors (Lipinski definition) is 1. The third-order valence-electron chi connectivity index (χ3n) is 4.05. The molecule has 2 aliphatic heterocycles. The number of nitrogens with zero attached hydrogens (tertiary/aromatic N) is 1. The quantitative estimate of drug-likeness (QED) is 0.817. The number of para-hydroxylation sites is 2. The number of nitrogen functional groups attached to an aromatic ring is 1. The van der Waals surface area contributed by atoms with Gasteiger partial charge in [-0.05, 0) is 36.2 Å². The molecule has 112 valence electrons. The van der Waals surface area contributed by atoms with Gasteiger partial charge in [0.2, 0.25) is 6.10 Å². The van der Waals surface area contributed by atoms with Crippen LogP contribution in [0.5, 0.6) is 11.5 Å². The number of nitrogens with two attached hydrogens (primary N) is 1. The summed E-state index contributed by atoms with van der Waals surface area (Å²) >= 11 is 0. The van der Waals surface area contributed by atoms with Crippen LogP contribution in [0, 0.1) is 0 Å². The van der Waals surface area contributed by atoms with E-state index in [2.05, 4.69) is 0 Å². The lowest BCUT2D eigenvalue weighted by atomic mass is 10.1. The van der Waals surface area contributed by atoms with E-state index in [0.717, 1.165) is 17.7 Å². The Bertz CT molecular complexity index is 744. The average molecular weight is 296 g/mol. The minimum atomic E-state index is -0.623. The Kier molecular flexibility index (Phi) is 2.92. The van der Waals surface area contributed by atoms with Gasteiger partial charge in [0.05, 0.1) is 0 Å². The lowest BCUT2D eigenvalue weighted by Gasteiger charge is -2.29. The summed E-state index contributed by atoms with van der Waals surface area (Å²) < 4.78 is 11.4. The van der Waals surface area contributed by atoms with Gasteiger partial charge in [-0.1, -0.05) is 18.2 Å². The topological polar surface area (TPSA) is 64.8 Å². The maximum Gasteiger partial charge on any atom is 0.271 e. The molecule has 22 heavy (non-hydrogen) atoms. The predicted octanol–water partition coefficient (Wildman–Crippen LogP) is 2.00. The highest BCUT2D eigenvalue weighted by atomic mass is 16.6. The third kappa shape index (κ3) is 2.06. The fraction of sp³-hybridized carbons (Fsp3) is 0.235. The molecule has 0 spiro atoms. The zero-order valence-electron chi connectivity index (χ0n) is 12.0. The number of benzene rings is 2. The number of carbonyl (C=O) groups excluding carboxylic acids is 1. The summed E-state index contributed by atoms with van der Waals surface area (Å²) in [6.07, 6.45) is 0.216. The highest BCUT2D eigenvalue weighted by Crippen LogP contribution is 2.34. The summed E-state index contributed by atoms with van der Waals surface area (Å²) in [5.41, 5.74) is 8.52. The molecule has 2 N–H and O–H groups in total. The highest BCUT2D eigenvalue weighted by Gasteiger charge is 2.34. The summed E-state index contributed by atoms with van der Waals surface area (Å²) in [6, 6.07) is 13.1. The second-order valence-electron chi connectivity index (χ2n) is 5.49. The fourth-order valence-electron chi connectivity index (χ4n) is 2.94. The summed E-state index contributed by atoms with van der Waals surface area (Å²) in [6.45, 7) is 0.878. The number of amides is 1. The molecular formula is C17H16N2O3. The van der Waals surface area contributed by atoms with Gasteiger partial charge >= 0.3 is 0 Å². The first kappa shape index (κ1) is 13.0. The van der Waals surface area contributed by atoms with E-state index in [1.165, 1.54) is 0 Å². The molecular weight excluding hydrogens is 280 g/mol. The van der Waals surface area contributed by atoms with Gasteiger partial charge in [0.1, 0.15) is 6.61 Å². The van der Waals surface area contributed by atoms with E-state index in [0.29, 0.717) is 23.7 Å². The van der Waals surface area contributed by atoms with Gasteiger partial charge in [-0.3, -0.25) is 4.79 Å². The summed E-state index contributed by atoms with van der Waals surface area (Å²) in [5, 5.41) is 0. The monoisotopic (exact) mass is 296 g/mol. The number of fused-ring (bicyclic) bond motifs is 2. The van der Waals surface area contributed by atoms with Gasteiger partial charge in [0.15, 0.2) is 11.5 Å².